The molecule has 0 bridgehead atoms. The summed E-state index contributed by atoms with van der Waals surface area (Å²) < 4.78 is 6.21. The van der Waals surface area contributed by atoms with Gasteiger partial charge in [-0.15, -0.1) is 11.3 Å². The van der Waals surface area contributed by atoms with Gasteiger partial charge in [0, 0.05) is 5.38 Å². The monoisotopic (exact) mass is 327 g/mol. The Kier molecular flexibility index (Phi) is 4.98. The van der Waals surface area contributed by atoms with Crippen molar-refractivity contribution in [2.24, 2.45) is 0 Å². The van der Waals surface area contributed by atoms with E-state index in [-0.39, 0.29) is 5.04 Å². The molecule has 0 unspecified atom stereocenters. The molecule has 0 aliphatic heterocycles. The van der Waals surface area contributed by atoms with Gasteiger partial charge in [0.05, 0.1) is 12.3 Å². The first-order chi connectivity index (χ1) is 9.64. The van der Waals surface area contributed by atoms with E-state index in [1.807, 2.05) is 0 Å². The minimum atomic E-state index is -1.73. The molecule has 1 saturated carbocycles. The highest BCUT2D eigenvalue weighted by Gasteiger charge is 2.38. The summed E-state index contributed by atoms with van der Waals surface area (Å²) >= 11 is 1.59. The van der Waals surface area contributed by atoms with Gasteiger partial charge < -0.3 is 9.53 Å². The lowest BCUT2D eigenvalue weighted by molar-refractivity contribution is -0.00103. The second kappa shape index (κ2) is 6.11. The van der Waals surface area contributed by atoms with Crippen LogP contribution >= 0.6 is 11.3 Å². The largest absolute Gasteiger partial charge is 0.411 e. The molecule has 21 heavy (non-hydrogen) atoms. The van der Waals surface area contributed by atoms with Crippen LogP contribution in [0, 0.1) is 0 Å². The summed E-state index contributed by atoms with van der Waals surface area (Å²) in [5.74, 6) is 0. The van der Waals surface area contributed by atoms with E-state index < -0.39 is 13.9 Å². The van der Waals surface area contributed by atoms with Crippen LogP contribution in [0.25, 0.3) is 0 Å². The zero-order valence-electron chi connectivity index (χ0n) is 14.0. The van der Waals surface area contributed by atoms with Crippen LogP contribution in [0.3, 0.4) is 0 Å². The van der Waals surface area contributed by atoms with E-state index in [0.717, 1.165) is 36.4 Å². The quantitative estimate of drug-likeness (QED) is 0.806. The van der Waals surface area contributed by atoms with Crippen molar-refractivity contribution in [3.05, 3.63) is 16.1 Å². The molecule has 5 heteroatoms. The molecule has 0 saturated heterocycles. The van der Waals surface area contributed by atoms with Gasteiger partial charge in [0.2, 0.25) is 0 Å². The molecule has 3 nitrogen and oxygen atoms in total. The number of aromatic nitrogens is 1. The van der Waals surface area contributed by atoms with Gasteiger partial charge in [-0.05, 0) is 31.0 Å². The highest BCUT2D eigenvalue weighted by Crippen LogP contribution is 2.39. The van der Waals surface area contributed by atoms with E-state index in [0.29, 0.717) is 6.61 Å². The Balaban J connectivity index is 2.01. The second-order valence-corrected chi connectivity index (χ2v) is 13.5. The van der Waals surface area contributed by atoms with Gasteiger partial charge in [0.15, 0.2) is 8.32 Å². The van der Waals surface area contributed by atoms with E-state index in [2.05, 4.69) is 44.2 Å². The van der Waals surface area contributed by atoms with Crippen molar-refractivity contribution in [2.75, 3.05) is 0 Å². The fourth-order valence-electron chi connectivity index (χ4n) is 2.41. The van der Waals surface area contributed by atoms with Gasteiger partial charge in [-0.2, -0.15) is 0 Å². The van der Waals surface area contributed by atoms with Crippen molar-refractivity contribution in [3.63, 3.8) is 0 Å². The number of hydrogen-bond donors (Lipinski definition) is 1. The summed E-state index contributed by atoms with van der Waals surface area (Å²) in [5, 5.41) is 13.9. The van der Waals surface area contributed by atoms with Crippen LogP contribution in [0.5, 0.6) is 0 Å². The molecule has 1 aromatic heterocycles. The predicted octanol–water partition coefficient (Wildman–Crippen LogP) is 4.82. The summed E-state index contributed by atoms with van der Waals surface area (Å²) in [5.41, 5.74) is 0.289. The second-order valence-electron chi connectivity index (χ2n) is 7.79. The van der Waals surface area contributed by atoms with Crippen molar-refractivity contribution in [1.82, 2.24) is 4.98 Å². The fraction of sp³-hybridized carbons (Fsp3) is 0.812. The van der Waals surface area contributed by atoms with E-state index in [4.69, 9.17) is 4.43 Å². The maximum atomic E-state index is 10.7. The van der Waals surface area contributed by atoms with Crippen molar-refractivity contribution in [1.29, 1.82) is 0 Å². The zero-order valence-corrected chi connectivity index (χ0v) is 15.8. The molecule has 1 N–H and O–H groups in total. The third-order valence-corrected chi connectivity index (χ3v) is 10.6. The molecule has 2 rings (SSSR count). The molecule has 0 spiro atoms. The van der Waals surface area contributed by atoms with Crippen LogP contribution < -0.4 is 0 Å². The van der Waals surface area contributed by atoms with Crippen LogP contribution in [0.1, 0.15) is 63.6 Å². The molecule has 1 heterocycles. The molecule has 1 aliphatic carbocycles. The van der Waals surface area contributed by atoms with Gasteiger partial charge in [-0.3, -0.25) is 0 Å². The van der Waals surface area contributed by atoms with Gasteiger partial charge in [0.1, 0.15) is 10.6 Å². The molecule has 1 aromatic rings. The highest BCUT2D eigenvalue weighted by atomic mass is 32.1. The minimum Gasteiger partial charge on any atom is -0.411 e. The number of rotatable bonds is 4. The molecule has 1 fully saturated rings. The highest BCUT2D eigenvalue weighted by molar-refractivity contribution is 7.09. The Hall–Kier alpha value is -0.233. The van der Waals surface area contributed by atoms with Gasteiger partial charge in [-0.25, -0.2) is 4.98 Å². The van der Waals surface area contributed by atoms with Crippen LogP contribution in [-0.2, 0) is 16.6 Å². The Morgan fingerprint density at radius 2 is 1.90 bits per heavy atom. The Labute approximate surface area is 133 Å². The van der Waals surface area contributed by atoms with Crippen LogP contribution in [0.2, 0.25) is 18.1 Å². The summed E-state index contributed by atoms with van der Waals surface area (Å²) in [6.07, 6.45) is 5.14. The van der Waals surface area contributed by atoms with Gasteiger partial charge in [-0.1, -0.05) is 40.0 Å². The lowest BCUT2D eigenvalue weighted by Gasteiger charge is -2.35. The lowest BCUT2D eigenvalue weighted by Crippen LogP contribution is -2.40. The fourth-order valence-corrected chi connectivity index (χ4v) is 4.31. The number of nitrogens with zero attached hydrogens (tertiary/aromatic N) is 1. The molecule has 0 aromatic carbocycles. The third kappa shape index (κ3) is 3.95. The van der Waals surface area contributed by atoms with E-state index in [9.17, 15) is 5.11 Å². The summed E-state index contributed by atoms with van der Waals surface area (Å²) in [6.45, 7) is 11.8. The Bertz CT molecular complexity index is 473. The summed E-state index contributed by atoms with van der Waals surface area (Å²) in [6, 6.07) is 0. The van der Waals surface area contributed by atoms with Gasteiger partial charge in [0.25, 0.3) is 0 Å². The number of aliphatic hydroxyl groups is 1. The molecule has 1 aliphatic rings. The van der Waals surface area contributed by atoms with Crippen LogP contribution in [-0.4, -0.2) is 18.4 Å². The summed E-state index contributed by atoms with van der Waals surface area (Å²) in [7, 11) is -1.73. The van der Waals surface area contributed by atoms with Crippen molar-refractivity contribution in [3.8, 4) is 0 Å². The first kappa shape index (κ1) is 17.1. The Morgan fingerprint density at radius 3 is 2.48 bits per heavy atom. The maximum Gasteiger partial charge on any atom is 0.192 e. The first-order valence-corrected chi connectivity index (χ1v) is 11.7. The average molecular weight is 328 g/mol. The molecular weight excluding hydrogens is 298 g/mol. The van der Waals surface area contributed by atoms with Crippen molar-refractivity contribution >= 4 is 19.7 Å². The van der Waals surface area contributed by atoms with Crippen LogP contribution in [0.4, 0.5) is 0 Å². The first-order valence-electron chi connectivity index (χ1n) is 7.95. The predicted molar refractivity (Wildman–Crippen MR) is 91.1 cm³/mol. The SMILES string of the molecule is CC(C)(C)[Si](C)(C)OCc1csc(C2(O)CCCCC2)n1. The normalized spacial score (nSPS) is 19.7. The molecular formula is C16H29NO2SSi. The molecule has 0 radical (unpaired) electrons. The maximum absolute atomic E-state index is 10.7. The van der Waals surface area contributed by atoms with E-state index >= 15 is 0 Å². The zero-order chi connectivity index (χ0) is 15.7. The average Bonchev–Trinajstić information content (AvgIpc) is 2.85. The smallest absolute Gasteiger partial charge is 0.192 e. The molecule has 0 atom stereocenters. The molecule has 0 amide bonds. The standard InChI is InChI=1S/C16H29NO2SSi/c1-15(2,3)21(4,5)19-11-13-12-20-14(17-13)16(18)9-7-6-8-10-16/h12,18H,6-11H2,1-5H3. The lowest BCUT2D eigenvalue weighted by atomic mass is 9.85. The topological polar surface area (TPSA) is 42.4 Å². The van der Waals surface area contributed by atoms with Crippen molar-refractivity contribution in [2.45, 2.75) is 83.2 Å². The van der Waals surface area contributed by atoms with Gasteiger partial charge >= 0.3 is 0 Å². The number of thiazole rings is 1. The Morgan fingerprint density at radius 1 is 1.29 bits per heavy atom. The van der Waals surface area contributed by atoms with Crippen molar-refractivity contribution < 1.29 is 9.53 Å². The van der Waals surface area contributed by atoms with E-state index in [1.54, 1.807) is 11.3 Å². The number of hydrogen-bond acceptors (Lipinski definition) is 4. The summed E-state index contributed by atoms with van der Waals surface area (Å²) in [4.78, 5) is 4.66. The van der Waals surface area contributed by atoms with Crippen LogP contribution in [0.15, 0.2) is 5.38 Å². The van der Waals surface area contributed by atoms with E-state index in [1.165, 1.54) is 6.42 Å². The molecule has 120 valence electrons. The third-order valence-electron chi connectivity index (χ3n) is 5.02. The minimum absolute atomic E-state index is 0.216.